The topological polar surface area (TPSA) is 58.2 Å². The maximum atomic E-state index is 12.0. The van der Waals surface area contributed by atoms with E-state index < -0.39 is 0 Å². The van der Waals surface area contributed by atoms with Crippen LogP contribution in [0.25, 0.3) is 0 Å². The van der Waals surface area contributed by atoms with E-state index in [1.807, 2.05) is 30.3 Å². The molecule has 4 heteroatoms. The summed E-state index contributed by atoms with van der Waals surface area (Å²) in [5.74, 6) is 0.120. The summed E-state index contributed by atoms with van der Waals surface area (Å²) in [6.07, 6.45) is 6.91. The van der Waals surface area contributed by atoms with Gasteiger partial charge in [0.15, 0.2) is 0 Å². The lowest BCUT2D eigenvalue weighted by Gasteiger charge is -2.07. The van der Waals surface area contributed by atoms with Gasteiger partial charge in [0, 0.05) is 12.3 Å². The van der Waals surface area contributed by atoms with Gasteiger partial charge in [-0.15, -0.1) is 0 Å². The summed E-state index contributed by atoms with van der Waals surface area (Å²) < 4.78 is 0. The summed E-state index contributed by atoms with van der Waals surface area (Å²) in [6, 6.07) is 10.0. The third-order valence-electron chi connectivity index (χ3n) is 4.19. The maximum Gasteiger partial charge on any atom is 0.242 e. The second kappa shape index (κ2) is 8.57. The number of nitrogens with one attached hydrogen (secondary N) is 2. The van der Waals surface area contributed by atoms with Crippen LogP contribution < -0.4 is 10.9 Å². The molecule has 1 fully saturated rings. The zero-order valence-corrected chi connectivity index (χ0v) is 13.3. The van der Waals surface area contributed by atoms with Crippen molar-refractivity contribution in [3.8, 4) is 0 Å². The summed E-state index contributed by atoms with van der Waals surface area (Å²) in [6.45, 7) is 2.17. The molecule has 4 nitrogen and oxygen atoms in total. The molecule has 1 aromatic rings. The molecule has 0 heterocycles. The molecule has 0 unspecified atom stereocenters. The van der Waals surface area contributed by atoms with E-state index in [1.54, 1.807) is 0 Å². The third kappa shape index (κ3) is 5.17. The van der Waals surface area contributed by atoms with Crippen molar-refractivity contribution in [2.75, 3.05) is 0 Å². The fourth-order valence-corrected chi connectivity index (χ4v) is 2.73. The Morgan fingerprint density at radius 2 is 1.77 bits per heavy atom. The van der Waals surface area contributed by atoms with E-state index in [0.717, 1.165) is 19.3 Å². The smallest absolute Gasteiger partial charge is 0.242 e. The van der Waals surface area contributed by atoms with Gasteiger partial charge in [0.2, 0.25) is 11.8 Å². The standard InChI is InChI=1S/C18H26N2O2/c1-2-3-4-5-9-12-17(21)19-20-18(22)16-13-15(16)14-10-7-6-8-11-14/h6-8,10-11,15-16H,2-5,9,12-13H2,1H3,(H,19,21)(H,20,22)/t15-,16+/m1/s1. The molecule has 22 heavy (non-hydrogen) atoms. The number of rotatable bonds is 8. The molecule has 2 atom stereocenters. The Labute approximate surface area is 132 Å². The van der Waals surface area contributed by atoms with Gasteiger partial charge in [-0.1, -0.05) is 62.9 Å². The van der Waals surface area contributed by atoms with Crippen LogP contribution in [-0.4, -0.2) is 11.8 Å². The quantitative estimate of drug-likeness (QED) is 0.572. The number of carbonyl (C=O) groups excluding carboxylic acids is 2. The molecule has 0 spiro atoms. The summed E-state index contributed by atoms with van der Waals surface area (Å²) in [4.78, 5) is 23.6. The Bertz CT molecular complexity index is 487. The summed E-state index contributed by atoms with van der Waals surface area (Å²) in [7, 11) is 0. The summed E-state index contributed by atoms with van der Waals surface area (Å²) >= 11 is 0. The first-order valence-corrected chi connectivity index (χ1v) is 8.36. The first-order chi connectivity index (χ1) is 10.7. The number of hydrazine groups is 1. The highest BCUT2D eigenvalue weighted by Crippen LogP contribution is 2.47. The second-order valence-electron chi connectivity index (χ2n) is 6.06. The van der Waals surface area contributed by atoms with Crippen molar-refractivity contribution in [3.05, 3.63) is 35.9 Å². The van der Waals surface area contributed by atoms with E-state index >= 15 is 0 Å². The van der Waals surface area contributed by atoms with Crippen LogP contribution in [0.2, 0.25) is 0 Å². The van der Waals surface area contributed by atoms with Crippen LogP contribution in [-0.2, 0) is 9.59 Å². The minimum absolute atomic E-state index is 0.00717. The Morgan fingerprint density at radius 1 is 1.05 bits per heavy atom. The highest BCUT2D eigenvalue weighted by Gasteiger charge is 2.43. The van der Waals surface area contributed by atoms with Gasteiger partial charge in [0.05, 0.1) is 0 Å². The van der Waals surface area contributed by atoms with Crippen molar-refractivity contribution in [2.45, 2.75) is 57.8 Å². The molecular formula is C18H26N2O2. The summed E-state index contributed by atoms with van der Waals surface area (Å²) in [5, 5.41) is 0. The zero-order valence-electron chi connectivity index (χ0n) is 13.3. The highest BCUT2D eigenvalue weighted by molar-refractivity contribution is 5.85. The van der Waals surface area contributed by atoms with E-state index in [2.05, 4.69) is 17.8 Å². The van der Waals surface area contributed by atoms with Crippen molar-refractivity contribution >= 4 is 11.8 Å². The van der Waals surface area contributed by atoms with Crippen molar-refractivity contribution in [2.24, 2.45) is 5.92 Å². The molecule has 1 aliphatic rings. The zero-order chi connectivity index (χ0) is 15.8. The average molecular weight is 302 g/mol. The van der Waals surface area contributed by atoms with Crippen LogP contribution in [0.4, 0.5) is 0 Å². The lowest BCUT2D eigenvalue weighted by Crippen LogP contribution is -2.42. The van der Waals surface area contributed by atoms with E-state index in [9.17, 15) is 9.59 Å². The molecule has 1 aromatic carbocycles. The number of amides is 2. The summed E-state index contributed by atoms with van der Waals surface area (Å²) in [5.41, 5.74) is 6.28. The van der Waals surface area contributed by atoms with Gasteiger partial charge in [0.25, 0.3) is 0 Å². The van der Waals surface area contributed by atoms with Crippen molar-refractivity contribution < 1.29 is 9.59 Å². The fraction of sp³-hybridized carbons (Fsp3) is 0.556. The van der Waals surface area contributed by atoms with E-state index in [4.69, 9.17) is 0 Å². The van der Waals surface area contributed by atoms with Crippen LogP contribution in [0.15, 0.2) is 30.3 Å². The largest absolute Gasteiger partial charge is 0.273 e. The van der Waals surface area contributed by atoms with Crippen LogP contribution in [0.3, 0.4) is 0 Å². The number of benzene rings is 1. The van der Waals surface area contributed by atoms with Crippen LogP contribution in [0.5, 0.6) is 0 Å². The number of carbonyl (C=O) groups is 2. The Hall–Kier alpha value is -1.84. The molecule has 2 amide bonds. The Kier molecular flexibility index (Phi) is 6.44. The first kappa shape index (κ1) is 16.5. The van der Waals surface area contributed by atoms with Crippen LogP contribution in [0.1, 0.15) is 63.4 Å². The average Bonchev–Trinajstić information content (AvgIpc) is 3.34. The van der Waals surface area contributed by atoms with Gasteiger partial charge >= 0.3 is 0 Å². The maximum absolute atomic E-state index is 12.0. The predicted octanol–water partition coefficient (Wildman–Crippen LogP) is 3.30. The van der Waals surface area contributed by atoms with Crippen LogP contribution in [0, 0.1) is 5.92 Å². The number of hydrogen-bond donors (Lipinski definition) is 2. The molecule has 2 N–H and O–H groups in total. The monoisotopic (exact) mass is 302 g/mol. The first-order valence-electron chi connectivity index (χ1n) is 8.36. The van der Waals surface area contributed by atoms with Crippen molar-refractivity contribution in [1.82, 2.24) is 10.9 Å². The lowest BCUT2D eigenvalue weighted by atomic mass is 10.1. The molecule has 0 radical (unpaired) electrons. The van der Waals surface area contributed by atoms with E-state index in [-0.39, 0.29) is 17.7 Å². The molecule has 1 aliphatic carbocycles. The third-order valence-corrected chi connectivity index (χ3v) is 4.19. The predicted molar refractivity (Wildman–Crippen MR) is 87.0 cm³/mol. The minimum Gasteiger partial charge on any atom is -0.273 e. The molecule has 0 aromatic heterocycles. The molecule has 120 valence electrons. The minimum atomic E-state index is -0.0956. The normalized spacial score (nSPS) is 19.5. The molecule has 2 rings (SSSR count). The molecular weight excluding hydrogens is 276 g/mol. The second-order valence-corrected chi connectivity index (χ2v) is 6.06. The number of hydrogen-bond acceptors (Lipinski definition) is 2. The SMILES string of the molecule is CCCCCCCC(=O)NNC(=O)[C@H]1C[C@@H]1c1ccccc1. The number of unbranched alkanes of at least 4 members (excludes halogenated alkanes) is 4. The van der Waals surface area contributed by atoms with E-state index in [1.165, 1.54) is 24.8 Å². The van der Waals surface area contributed by atoms with Gasteiger partial charge in [-0.25, -0.2) is 0 Å². The fourth-order valence-electron chi connectivity index (χ4n) is 2.73. The lowest BCUT2D eigenvalue weighted by molar-refractivity contribution is -0.129. The van der Waals surface area contributed by atoms with Crippen molar-refractivity contribution in [3.63, 3.8) is 0 Å². The molecule has 0 bridgehead atoms. The van der Waals surface area contributed by atoms with Crippen molar-refractivity contribution in [1.29, 1.82) is 0 Å². The van der Waals surface area contributed by atoms with E-state index in [0.29, 0.717) is 12.3 Å². The highest BCUT2D eigenvalue weighted by atomic mass is 16.2. The van der Waals surface area contributed by atoms with Crippen LogP contribution >= 0.6 is 0 Å². The van der Waals surface area contributed by atoms with Gasteiger partial charge in [-0.05, 0) is 24.3 Å². The van der Waals surface area contributed by atoms with Gasteiger partial charge in [-0.3, -0.25) is 20.4 Å². The molecule has 0 aliphatic heterocycles. The van der Waals surface area contributed by atoms with Gasteiger partial charge < -0.3 is 0 Å². The molecule has 0 saturated heterocycles. The molecule has 1 saturated carbocycles. The van der Waals surface area contributed by atoms with Gasteiger partial charge in [0.1, 0.15) is 0 Å². The Balaban J connectivity index is 1.59. The van der Waals surface area contributed by atoms with Gasteiger partial charge in [-0.2, -0.15) is 0 Å². The Morgan fingerprint density at radius 3 is 2.50 bits per heavy atom.